The fourth-order valence-electron chi connectivity index (χ4n) is 4.25. The summed E-state index contributed by atoms with van der Waals surface area (Å²) in [6.07, 6.45) is 13.0. The number of rotatable bonds is 5. The lowest BCUT2D eigenvalue weighted by Gasteiger charge is -2.29. The molecule has 10 nitrogen and oxygen atoms in total. The van der Waals surface area contributed by atoms with E-state index in [0.717, 1.165) is 42.2 Å². The van der Waals surface area contributed by atoms with E-state index in [1.54, 1.807) is 26.4 Å². The molecule has 0 saturated heterocycles. The number of hydrogen-bond donors (Lipinski definition) is 3. The second kappa shape index (κ2) is 7.86. The molecule has 0 radical (unpaired) electrons. The highest BCUT2D eigenvalue weighted by atomic mass is 16.5. The molecule has 5 rings (SSSR count). The van der Waals surface area contributed by atoms with E-state index >= 15 is 0 Å². The summed E-state index contributed by atoms with van der Waals surface area (Å²) >= 11 is 0. The van der Waals surface area contributed by atoms with Gasteiger partial charge in [-0.05, 0) is 25.7 Å². The highest BCUT2D eigenvalue weighted by Crippen LogP contribution is 2.34. The minimum atomic E-state index is 0.0277. The molecule has 10 heteroatoms. The number of methoxy groups -OCH3 is 1. The summed E-state index contributed by atoms with van der Waals surface area (Å²) in [5.41, 5.74) is 2.52. The van der Waals surface area contributed by atoms with Crippen molar-refractivity contribution in [1.82, 2.24) is 34.6 Å². The molecular weight excluding hydrogens is 396 g/mol. The van der Waals surface area contributed by atoms with Crippen molar-refractivity contribution in [2.75, 3.05) is 12.4 Å². The molecule has 0 spiro atoms. The van der Waals surface area contributed by atoms with Crippen LogP contribution in [0.2, 0.25) is 0 Å². The van der Waals surface area contributed by atoms with Crippen LogP contribution in [0, 0.1) is 0 Å². The highest BCUT2D eigenvalue weighted by Gasteiger charge is 2.23. The number of imidazole rings is 1. The third-order valence-corrected chi connectivity index (χ3v) is 5.72. The maximum atomic E-state index is 11.3. The Hall–Kier alpha value is -3.69. The Balaban J connectivity index is 1.40. The van der Waals surface area contributed by atoms with Gasteiger partial charge in [-0.3, -0.25) is 9.20 Å². The molecule has 160 valence electrons. The molecule has 4 aromatic heterocycles. The second-order valence-electron chi connectivity index (χ2n) is 7.85. The molecule has 0 aromatic carbocycles. The zero-order chi connectivity index (χ0) is 21.4. The minimum absolute atomic E-state index is 0.0277. The number of carbonyl (C=O) groups is 1. The van der Waals surface area contributed by atoms with Crippen LogP contribution < -0.4 is 15.4 Å². The summed E-state index contributed by atoms with van der Waals surface area (Å²) in [7, 11) is 1.61. The van der Waals surface area contributed by atoms with Crippen molar-refractivity contribution < 1.29 is 9.53 Å². The van der Waals surface area contributed by atoms with Gasteiger partial charge >= 0.3 is 0 Å². The fraction of sp³-hybridized carbons (Fsp3) is 0.381. The first-order chi connectivity index (χ1) is 15.1. The number of fused-ring (bicyclic) bond motifs is 2. The quantitative estimate of drug-likeness (QED) is 0.453. The Morgan fingerprint density at radius 2 is 2.00 bits per heavy atom. The van der Waals surface area contributed by atoms with Gasteiger partial charge in [0.15, 0.2) is 0 Å². The van der Waals surface area contributed by atoms with E-state index in [4.69, 9.17) is 4.74 Å². The van der Waals surface area contributed by atoms with Crippen molar-refractivity contribution in [3.05, 3.63) is 31.0 Å². The van der Waals surface area contributed by atoms with E-state index in [1.807, 2.05) is 23.0 Å². The van der Waals surface area contributed by atoms with Crippen molar-refractivity contribution >= 4 is 28.7 Å². The molecule has 3 N–H and O–H groups in total. The molecule has 4 heterocycles. The molecule has 1 saturated carbocycles. The van der Waals surface area contributed by atoms with Gasteiger partial charge in [0.1, 0.15) is 5.65 Å². The first kappa shape index (κ1) is 19.3. The maximum Gasteiger partial charge on any atom is 0.233 e. The SMILES string of the molecule is COc1nc(NC2CCC(NC(C)=O)CC2)nc2[nH]cc(-c3cnc4nccn4c3)c12. The van der Waals surface area contributed by atoms with E-state index in [1.165, 1.54) is 0 Å². The van der Waals surface area contributed by atoms with Crippen LogP contribution in [0.5, 0.6) is 5.88 Å². The Morgan fingerprint density at radius 1 is 1.19 bits per heavy atom. The Bertz CT molecular complexity index is 1240. The lowest BCUT2D eigenvalue weighted by atomic mass is 9.91. The predicted molar refractivity (Wildman–Crippen MR) is 116 cm³/mol. The molecular formula is C21H24N8O2. The van der Waals surface area contributed by atoms with Gasteiger partial charge in [0.2, 0.25) is 23.5 Å². The molecule has 1 aliphatic carbocycles. The average molecular weight is 420 g/mol. The summed E-state index contributed by atoms with van der Waals surface area (Å²) in [4.78, 5) is 32.4. The zero-order valence-electron chi connectivity index (χ0n) is 17.4. The van der Waals surface area contributed by atoms with E-state index in [-0.39, 0.29) is 18.0 Å². The Morgan fingerprint density at radius 3 is 2.77 bits per heavy atom. The second-order valence-corrected chi connectivity index (χ2v) is 7.85. The number of anilines is 1. The standard InChI is InChI=1S/C21H24N8O2/c1-12(30)25-14-3-5-15(6-4-14)26-20-27-18-17(19(28-20)31-2)16(10-23-18)13-9-24-21-22-7-8-29(21)11-13/h7-11,14-15H,3-6H2,1-2H3,(H,25,30)(H2,23,26,27,28). The number of nitrogens with zero attached hydrogens (tertiary/aromatic N) is 5. The number of hydrogen-bond acceptors (Lipinski definition) is 7. The van der Waals surface area contributed by atoms with Gasteiger partial charge in [-0.2, -0.15) is 9.97 Å². The number of ether oxygens (including phenoxy) is 1. The van der Waals surface area contributed by atoms with Crippen LogP contribution in [0.15, 0.2) is 31.0 Å². The Labute approximate surface area is 178 Å². The normalized spacial score (nSPS) is 18.9. The number of amides is 1. The van der Waals surface area contributed by atoms with E-state index < -0.39 is 0 Å². The first-order valence-corrected chi connectivity index (χ1v) is 10.4. The molecule has 31 heavy (non-hydrogen) atoms. The maximum absolute atomic E-state index is 11.3. The summed E-state index contributed by atoms with van der Waals surface area (Å²) in [6.45, 7) is 1.56. The molecule has 1 amide bonds. The third-order valence-electron chi connectivity index (χ3n) is 5.72. The van der Waals surface area contributed by atoms with Crippen molar-refractivity contribution in [3.63, 3.8) is 0 Å². The number of carbonyl (C=O) groups excluding carboxylic acids is 1. The van der Waals surface area contributed by atoms with E-state index in [2.05, 4.69) is 35.6 Å². The Kier molecular flexibility index (Phi) is 4.89. The fourth-order valence-corrected chi connectivity index (χ4v) is 4.25. The monoisotopic (exact) mass is 420 g/mol. The molecule has 1 aliphatic rings. The van der Waals surface area contributed by atoms with Gasteiger partial charge in [-0.1, -0.05) is 0 Å². The lowest BCUT2D eigenvalue weighted by molar-refractivity contribution is -0.119. The summed E-state index contributed by atoms with van der Waals surface area (Å²) in [5, 5.41) is 7.24. The largest absolute Gasteiger partial charge is 0.480 e. The van der Waals surface area contributed by atoms with Crippen LogP contribution in [0.3, 0.4) is 0 Å². The van der Waals surface area contributed by atoms with Gasteiger partial charge in [0.05, 0.1) is 12.5 Å². The smallest absolute Gasteiger partial charge is 0.233 e. The number of nitrogens with one attached hydrogen (secondary N) is 3. The molecule has 4 aromatic rings. The highest BCUT2D eigenvalue weighted by molar-refractivity contribution is 5.97. The van der Waals surface area contributed by atoms with Gasteiger partial charge in [0, 0.05) is 61.1 Å². The van der Waals surface area contributed by atoms with Crippen LogP contribution in [-0.4, -0.2) is 54.4 Å². The topological polar surface area (TPSA) is 122 Å². The van der Waals surface area contributed by atoms with Crippen molar-refractivity contribution in [2.24, 2.45) is 0 Å². The van der Waals surface area contributed by atoms with Gasteiger partial charge < -0.3 is 20.4 Å². The third kappa shape index (κ3) is 3.76. The average Bonchev–Trinajstić information content (AvgIpc) is 3.40. The van der Waals surface area contributed by atoms with Crippen LogP contribution in [-0.2, 0) is 4.79 Å². The lowest BCUT2D eigenvalue weighted by Crippen LogP contribution is -2.39. The van der Waals surface area contributed by atoms with Gasteiger partial charge in [0.25, 0.3) is 0 Å². The summed E-state index contributed by atoms with van der Waals surface area (Å²) < 4.78 is 7.48. The van der Waals surface area contributed by atoms with Crippen LogP contribution in [0.4, 0.5) is 5.95 Å². The van der Waals surface area contributed by atoms with Crippen LogP contribution in [0.25, 0.3) is 27.9 Å². The van der Waals surface area contributed by atoms with E-state index in [0.29, 0.717) is 23.3 Å². The van der Waals surface area contributed by atoms with Crippen molar-refractivity contribution in [2.45, 2.75) is 44.7 Å². The summed E-state index contributed by atoms with van der Waals surface area (Å²) in [5.74, 6) is 1.71. The molecule has 1 fully saturated rings. The van der Waals surface area contributed by atoms with Crippen LogP contribution in [0.1, 0.15) is 32.6 Å². The van der Waals surface area contributed by atoms with Crippen LogP contribution >= 0.6 is 0 Å². The molecule has 0 unspecified atom stereocenters. The van der Waals surface area contributed by atoms with Crippen molar-refractivity contribution in [1.29, 1.82) is 0 Å². The van der Waals surface area contributed by atoms with Gasteiger partial charge in [-0.15, -0.1) is 0 Å². The number of H-pyrrole nitrogens is 1. The number of aromatic nitrogens is 6. The minimum Gasteiger partial charge on any atom is -0.480 e. The van der Waals surface area contributed by atoms with Gasteiger partial charge in [-0.25, -0.2) is 9.97 Å². The number of aromatic amines is 1. The zero-order valence-corrected chi connectivity index (χ0v) is 17.4. The molecule has 0 aliphatic heterocycles. The molecule has 0 atom stereocenters. The van der Waals surface area contributed by atoms with E-state index in [9.17, 15) is 4.79 Å². The predicted octanol–water partition coefficient (Wildman–Crippen LogP) is 2.54. The molecule has 0 bridgehead atoms. The summed E-state index contributed by atoms with van der Waals surface area (Å²) in [6, 6.07) is 0.510. The first-order valence-electron chi connectivity index (χ1n) is 10.4. The van der Waals surface area contributed by atoms with Crippen molar-refractivity contribution in [3.8, 4) is 17.0 Å².